The molecule has 1 aromatic rings. The van der Waals surface area contributed by atoms with Crippen molar-refractivity contribution >= 4 is 17.7 Å². The molecule has 19 heavy (non-hydrogen) atoms. The number of carbonyl (C=O) groups excluding carboxylic acids is 1. The van der Waals surface area contributed by atoms with E-state index in [1.54, 1.807) is 12.2 Å². The lowest BCUT2D eigenvalue weighted by Crippen LogP contribution is -2.49. The van der Waals surface area contributed by atoms with Crippen molar-refractivity contribution in [2.45, 2.75) is 26.0 Å². The number of nitrogen functional groups attached to an aromatic ring is 1. The Hall–Kier alpha value is -1.81. The number of ether oxygens (including phenoxy) is 1. The van der Waals surface area contributed by atoms with Gasteiger partial charge < -0.3 is 15.4 Å². The van der Waals surface area contributed by atoms with Crippen molar-refractivity contribution in [2.24, 2.45) is 0 Å². The van der Waals surface area contributed by atoms with E-state index in [2.05, 4.69) is 0 Å². The molecule has 102 valence electrons. The number of benzene rings is 1. The third-order valence-electron chi connectivity index (χ3n) is 3.22. The molecule has 1 aliphatic heterocycles. The van der Waals surface area contributed by atoms with E-state index in [0.717, 1.165) is 5.56 Å². The Labute approximate surface area is 113 Å². The fourth-order valence-corrected chi connectivity index (χ4v) is 2.14. The first-order valence-electron chi connectivity index (χ1n) is 6.52. The zero-order valence-electron chi connectivity index (χ0n) is 11.4. The van der Waals surface area contributed by atoms with Gasteiger partial charge in [-0.2, -0.15) is 0 Å². The van der Waals surface area contributed by atoms with Crippen LogP contribution in [-0.2, 0) is 9.53 Å². The van der Waals surface area contributed by atoms with Gasteiger partial charge in [-0.15, -0.1) is 0 Å². The van der Waals surface area contributed by atoms with Crippen molar-refractivity contribution in [3.63, 3.8) is 0 Å². The highest BCUT2D eigenvalue weighted by Gasteiger charge is 2.25. The molecule has 2 unspecified atom stereocenters. The first-order valence-corrected chi connectivity index (χ1v) is 6.52. The molecular formula is C15H20N2O2. The summed E-state index contributed by atoms with van der Waals surface area (Å²) in [5.41, 5.74) is 7.33. The summed E-state index contributed by atoms with van der Waals surface area (Å²) in [6.07, 6.45) is 3.50. The number of nitrogens with two attached hydrogens (primary N) is 1. The molecule has 2 rings (SSSR count). The average molecular weight is 260 g/mol. The molecule has 0 bridgehead atoms. The predicted octanol–water partition coefficient (Wildman–Crippen LogP) is 1.92. The number of hydrogen-bond donors (Lipinski definition) is 1. The molecular weight excluding hydrogens is 240 g/mol. The highest BCUT2D eigenvalue weighted by atomic mass is 16.5. The number of amides is 1. The summed E-state index contributed by atoms with van der Waals surface area (Å²) in [4.78, 5) is 14.0. The maximum Gasteiger partial charge on any atom is 0.246 e. The molecule has 2 N–H and O–H groups in total. The number of nitrogens with zero attached hydrogens (tertiary/aromatic N) is 1. The normalized spacial score (nSPS) is 23.8. The molecule has 0 spiro atoms. The first kappa shape index (κ1) is 13.6. The molecule has 4 heteroatoms. The van der Waals surface area contributed by atoms with Crippen LogP contribution in [0.2, 0.25) is 0 Å². The van der Waals surface area contributed by atoms with Gasteiger partial charge in [0.1, 0.15) is 0 Å². The smallest absolute Gasteiger partial charge is 0.246 e. The van der Waals surface area contributed by atoms with Gasteiger partial charge in [0.15, 0.2) is 0 Å². The Morgan fingerprint density at radius 3 is 3.00 bits per heavy atom. The van der Waals surface area contributed by atoms with Crippen molar-refractivity contribution < 1.29 is 9.53 Å². The number of hydrogen-bond acceptors (Lipinski definition) is 3. The second kappa shape index (κ2) is 5.89. The van der Waals surface area contributed by atoms with Crippen molar-refractivity contribution in [1.29, 1.82) is 0 Å². The number of anilines is 1. The summed E-state index contributed by atoms with van der Waals surface area (Å²) >= 11 is 0. The van der Waals surface area contributed by atoms with E-state index in [4.69, 9.17) is 10.5 Å². The second-order valence-corrected chi connectivity index (χ2v) is 4.99. The highest BCUT2D eigenvalue weighted by molar-refractivity contribution is 5.92. The van der Waals surface area contributed by atoms with Crippen molar-refractivity contribution in [2.75, 3.05) is 18.9 Å². The van der Waals surface area contributed by atoms with Gasteiger partial charge in [-0.1, -0.05) is 12.1 Å². The van der Waals surface area contributed by atoms with Gasteiger partial charge in [0, 0.05) is 18.3 Å². The SMILES string of the molecule is CC1CN(C(=O)/C=C/c2cccc(N)c2)C(C)CO1. The number of morpholine rings is 1. The van der Waals surface area contributed by atoms with Crippen LogP contribution in [0.25, 0.3) is 6.08 Å². The molecule has 0 aliphatic carbocycles. The van der Waals surface area contributed by atoms with E-state index in [1.807, 2.05) is 43.0 Å². The minimum atomic E-state index is 0.0186. The van der Waals surface area contributed by atoms with Crippen LogP contribution in [-0.4, -0.2) is 36.1 Å². The minimum Gasteiger partial charge on any atom is -0.399 e. The van der Waals surface area contributed by atoms with Gasteiger partial charge in [-0.05, 0) is 37.6 Å². The van der Waals surface area contributed by atoms with Crippen LogP contribution in [0, 0.1) is 0 Å². The molecule has 0 saturated carbocycles. The lowest BCUT2D eigenvalue weighted by Gasteiger charge is -2.36. The van der Waals surface area contributed by atoms with Crippen LogP contribution < -0.4 is 5.73 Å². The van der Waals surface area contributed by atoms with E-state index >= 15 is 0 Å². The van der Waals surface area contributed by atoms with Gasteiger partial charge in [-0.25, -0.2) is 0 Å². The van der Waals surface area contributed by atoms with Crippen LogP contribution in [0.15, 0.2) is 30.3 Å². The summed E-state index contributed by atoms with van der Waals surface area (Å²) < 4.78 is 5.51. The molecule has 1 aliphatic rings. The molecule has 0 radical (unpaired) electrons. The fraction of sp³-hybridized carbons (Fsp3) is 0.400. The van der Waals surface area contributed by atoms with E-state index in [-0.39, 0.29) is 18.1 Å². The van der Waals surface area contributed by atoms with E-state index in [0.29, 0.717) is 18.8 Å². The summed E-state index contributed by atoms with van der Waals surface area (Å²) in [5.74, 6) is 0.0186. The van der Waals surface area contributed by atoms with Gasteiger partial charge >= 0.3 is 0 Å². The van der Waals surface area contributed by atoms with Crippen molar-refractivity contribution in [3.8, 4) is 0 Å². The molecule has 1 fully saturated rings. The number of rotatable bonds is 2. The highest BCUT2D eigenvalue weighted by Crippen LogP contribution is 2.13. The van der Waals surface area contributed by atoms with Crippen LogP contribution in [0.1, 0.15) is 19.4 Å². The van der Waals surface area contributed by atoms with Crippen molar-refractivity contribution in [3.05, 3.63) is 35.9 Å². The molecule has 0 aromatic heterocycles. The third kappa shape index (κ3) is 3.58. The summed E-state index contributed by atoms with van der Waals surface area (Å²) in [5, 5.41) is 0. The standard InChI is InChI=1S/C15H20N2O2/c1-11-10-19-12(2)9-17(11)15(18)7-6-13-4-3-5-14(16)8-13/h3-8,11-12H,9-10,16H2,1-2H3/b7-6+. The molecule has 1 amide bonds. The molecule has 1 heterocycles. The van der Waals surface area contributed by atoms with E-state index in [9.17, 15) is 4.79 Å². The molecule has 4 nitrogen and oxygen atoms in total. The van der Waals surface area contributed by atoms with Crippen LogP contribution in [0.3, 0.4) is 0 Å². The van der Waals surface area contributed by atoms with E-state index in [1.165, 1.54) is 0 Å². The zero-order chi connectivity index (χ0) is 13.8. The maximum atomic E-state index is 12.2. The van der Waals surface area contributed by atoms with Gasteiger partial charge in [0.2, 0.25) is 5.91 Å². The maximum absolute atomic E-state index is 12.2. The second-order valence-electron chi connectivity index (χ2n) is 4.99. The fourth-order valence-electron chi connectivity index (χ4n) is 2.14. The van der Waals surface area contributed by atoms with Crippen molar-refractivity contribution in [1.82, 2.24) is 4.90 Å². The quantitative estimate of drug-likeness (QED) is 0.653. The minimum absolute atomic E-state index is 0.0186. The summed E-state index contributed by atoms with van der Waals surface area (Å²) in [6, 6.07) is 7.58. The Morgan fingerprint density at radius 2 is 2.26 bits per heavy atom. The molecule has 1 saturated heterocycles. The number of carbonyl (C=O) groups is 1. The lowest BCUT2D eigenvalue weighted by atomic mass is 10.1. The summed E-state index contributed by atoms with van der Waals surface area (Å²) in [6.45, 7) is 5.21. The largest absolute Gasteiger partial charge is 0.399 e. The Kier molecular flexibility index (Phi) is 4.22. The third-order valence-corrected chi connectivity index (χ3v) is 3.22. The Bertz CT molecular complexity index is 485. The summed E-state index contributed by atoms with van der Waals surface area (Å²) in [7, 11) is 0. The van der Waals surface area contributed by atoms with E-state index < -0.39 is 0 Å². The predicted molar refractivity (Wildman–Crippen MR) is 76.5 cm³/mol. The molecule has 1 aromatic carbocycles. The monoisotopic (exact) mass is 260 g/mol. The first-order chi connectivity index (χ1) is 9.06. The average Bonchev–Trinajstić information content (AvgIpc) is 2.39. The topological polar surface area (TPSA) is 55.6 Å². The molecule has 2 atom stereocenters. The lowest BCUT2D eigenvalue weighted by molar-refractivity contribution is -0.137. The Balaban J connectivity index is 2.04. The van der Waals surface area contributed by atoms with Gasteiger partial charge in [-0.3, -0.25) is 4.79 Å². The van der Waals surface area contributed by atoms with Crippen LogP contribution in [0.4, 0.5) is 5.69 Å². The van der Waals surface area contributed by atoms with Gasteiger partial charge in [0.05, 0.1) is 18.8 Å². The Morgan fingerprint density at radius 1 is 1.47 bits per heavy atom. The van der Waals surface area contributed by atoms with Gasteiger partial charge in [0.25, 0.3) is 0 Å². The van der Waals surface area contributed by atoms with Crippen LogP contribution in [0.5, 0.6) is 0 Å². The van der Waals surface area contributed by atoms with Crippen LogP contribution >= 0.6 is 0 Å². The zero-order valence-corrected chi connectivity index (χ0v) is 11.4.